The summed E-state index contributed by atoms with van der Waals surface area (Å²) in [7, 11) is 0. The smallest absolute Gasteiger partial charge is 0.301 e. The van der Waals surface area contributed by atoms with Crippen LogP contribution in [0.15, 0.2) is 12.1 Å². The Bertz CT molecular complexity index is 604. The molecule has 0 saturated carbocycles. The van der Waals surface area contributed by atoms with Crippen molar-refractivity contribution in [2.75, 3.05) is 12.3 Å². The van der Waals surface area contributed by atoms with Crippen molar-refractivity contribution in [3.05, 3.63) is 33.5 Å². The second kappa shape index (κ2) is 4.66. The van der Waals surface area contributed by atoms with Crippen molar-refractivity contribution >= 4 is 22.3 Å². The highest BCUT2D eigenvalue weighted by Gasteiger charge is 2.22. The van der Waals surface area contributed by atoms with Crippen LogP contribution in [0, 0.1) is 17.0 Å². The van der Waals surface area contributed by atoms with E-state index in [4.69, 9.17) is 10.8 Å². The van der Waals surface area contributed by atoms with Crippen LogP contribution >= 0.6 is 0 Å². The van der Waals surface area contributed by atoms with Gasteiger partial charge in [0.25, 0.3) is 0 Å². The van der Waals surface area contributed by atoms with Crippen molar-refractivity contribution in [1.82, 2.24) is 4.98 Å². The van der Waals surface area contributed by atoms with Gasteiger partial charge in [-0.15, -0.1) is 0 Å². The van der Waals surface area contributed by atoms with Crippen molar-refractivity contribution in [2.45, 2.75) is 19.8 Å². The van der Waals surface area contributed by atoms with Gasteiger partial charge >= 0.3 is 5.69 Å². The number of rotatable bonds is 4. The summed E-state index contributed by atoms with van der Waals surface area (Å²) in [4.78, 5) is 13.8. The van der Waals surface area contributed by atoms with Crippen LogP contribution in [0.3, 0.4) is 0 Å². The van der Waals surface area contributed by atoms with Gasteiger partial charge in [-0.3, -0.25) is 10.1 Å². The zero-order valence-corrected chi connectivity index (χ0v) is 10.1. The van der Waals surface area contributed by atoms with Crippen molar-refractivity contribution in [2.24, 2.45) is 0 Å². The molecule has 0 aliphatic rings. The number of aromatic amines is 1. The number of nitrogens with two attached hydrogens (primary N) is 1. The number of nitro groups is 1. The van der Waals surface area contributed by atoms with Crippen molar-refractivity contribution in [3.63, 3.8) is 0 Å². The minimum Gasteiger partial charge on any atom is -0.396 e. The molecule has 6 heteroatoms. The van der Waals surface area contributed by atoms with E-state index < -0.39 is 4.92 Å². The van der Waals surface area contributed by atoms with Crippen molar-refractivity contribution < 1.29 is 10.0 Å². The first-order valence-corrected chi connectivity index (χ1v) is 5.71. The van der Waals surface area contributed by atoms with E-state index in [2.05, 4.69) is 4.98 Å². The van der Waals surface area contributed by atoms with Gasteiger partial charge in [0.05, 0.1) is 15.8 Å². The molecule has 18 heavy (non-hydrogen) atoms. The van der Waals surface area contributed by atoms with E-state index in [0.29, 0.717) is 23.7 Å². The quantitative estimate of drug-likeness (QED) is 0.437. The lowest BCUT2D eigenvalue weighted by Crippen LogP contribution is -1.98. The predicted octanol–water partition coefficient (Wildman–Crippen LogP) is 1.89. The van der Waals surface area contributed by atoms with Gasteiger partial charge in [-0.25, -0.2) is 0 Å². The lowest BCUT2D eigenvalue weighted by molar-refractivity contribution is -0.382. The topological polar surface area (TPSA) is 105 Å². The Kier molecular flexibility index (Phi) is 3.20. The Morgan fingerprint density at radius 2 is 2.22 bits per heavy atom. The molecule has 0 spiro atoms. The number of anilines is 1. The molecule has 1 aromatic heterocycles. The first kappa shape index (κ1) is 12.4. The summed E-state index contributed by atoms with van der Waals surface area (Å²) in [6, 6.07) is 3.28. The number of hydrogen-bond donors (Lipinski definition) is 3. The SMILES string of the molecule is Cc1[nH]c2ccc(N)c([N+](=O)[O-])c2c1CCCO. The Morgan fingerprint density at radius 1 is 1.50 bits per heavy atom. The van der Waals surface area contributed by atoms with Crippen LogP contribution in [0.2, 0.25) is 0 Å². The fraction of sp³-hybridized carbons (Fsp3) is 0.333. The maximum absolute atomic E-state index is 11.1. The Hall–Kier alpha value is -2.08. The van der Waals surface area contributed by atoms with E-state index in [9.17, 15) is 10.1 Å². The van der Waals surface area contributed by atoms with Crippen LogP contribution < -0.4 is 5.73 Å². The molecular formula is C12H15N3O3. The van der Waals surface area contributed by atoms with E-state index in [1.165, 1.54) is 6.07 Å². The number of hydrogen-bond acceptors (Lipinski definition) is 4. The number of benzene rings is 1. The lowest BCUT2D eigenvalue weighted by atomic mass is 10.0. The summed E-state index contributed by atoms with van der Waals surface area (Å²) in [5, 5.41) is 20.6. The summed E-state index contributed by atoms with van der Waals surface area (Å²) in [5.74, 6) is 0. The number of nitro benzene ring substituents is 1. The molecule has 0 radical (unpaired) electrons. The molecule has 1 heterocycles. The number of aliphatic hydroxyl groups excluding tert-OH is 1. The fourth-order valence-electron chi connectivity index (χ4n) is 2.25. The van der Waals surface area contributed by atoms with Gasteiger partial charge in [0.15, 0.2) is 0 Å². The maximum Gasteiger partial charge on any atom is 0.301 e. The Labute approximate surface area is 104 Å². The van der Waals surface area contributed by atoms with Gasteiger partial charge in [0, 0.05) is 12.3 Å². The molecule has 4 N–H and O–H groups in total. The molecule has 2 aromatic rings. The Balaban J connectivity index is 2.72. The molecule has 0 saturated heterocycles. The van der Waals surface area contributed by atoms with Gasteiger partial charge < -0.3 is 15.8 Å². The molecule has 0 fully saturated rings. The lowest BCUT2D eigenvalue weighted by Gasteiger charge is -2.02. The molecule has 0 aliphatic carbocycles. The van der Waals surface area contributed by atoms with Crippen LogP contribution in [-0.2, 0) is 6.42 Å². The molecule has 0 unspecified atom stereocenters. The van der Waals surface area contributed by atoms with Crippen LogP contribution in [0.4, 0.5) is 11.4 Å². The maximum atomic E-state index is 11.1. The molecule has 0 aliphatic heterocycles. The zero-order valence-electron chi connectivity index (χ0n) is 10.1. The normalized spacial score (nSPS) is 11.0. The number of nitrogens with zero attached hydrogens (tertiary/aromatic N) is 1. The van der Waals surface area contributed by atoms with E-state index in [1.807, 2.05) is 6.92 Å². The monoisotopic (exact) mass is 249 g/mol. The second-order valence-corrected chi connectivity index (χ2v) is 4.24. The standard InChI is InChI=1S/C12H15N3O3/c1-7-8(3-2-6-16)11-10(14-7)5-4-9(13)12(11)15(17)18/h4-5,14,16H,2-3,6,13H2,1H3. The third-order valence-corrected chi connectivity index (χ3v) is 3.05. The molecule has 96 valence electrons. The van der Waals surface area contributed by atoms with Crippen molar-refractivity contribution in [3.8, 4) is 0 Å². The van der Waals surface area contributed by atoms with Crippen LogP contribution in [-0.4, -0.2) is 21.6 Å². The third-order valence-electron chi connectivity index (χ3n) is 3.05. The van der Waals surface area contributed by atoms with E-state index >= 15 is 0 Å². The van der Waals surface area contributed by atoms with Gasteiger partial charge in [0.1, 0.15) is 5.69 Å². The number of aliphatic hydroxyl groups is 1. The highest BCUT2D eigenvalue weighted by molar-refractivity contribution is 5.97. The minimum atomic E-state index is -0.451. The van der Waals surface area contributed by atoms with Gasteiger partial charge in [-0.2, -0.15) is 0 Å². The van der Waals surface area contributed by atoms with Crippen molar-refractivity contribution in [1.29, 1.82) is 0 Å². The molecular weight excluding hydrogens is 234 g/mol. The second-order valence-electron chi connectivity index (χ2n) is 4.24. The van der Waals surface area contributed by atoms with E-state index in [0.717, 1.165) is 11.3 Å². The van der Waals surface area contributed by atoms with E-state index in [-0.39, 0.29) is 18.0 Å². The average molecular weight is 249 g/mol. The number of aryl methyl sites for hydroxylation is 2. The van der Waals surface area contributed by atoms with Crippen LogP contribution in [0.1, 0.15) is 17.7 Å². The summed E-state index contributed by atoms with van der Waals surface area (Å²) < 4.78 is 0. The van der Waals surface area contributed by atoms with E-state index in [1.54, 1.807) is 6.07 Å². The molecule has 6 nitrogen and oxygen atoms in total. The predicted molar refractivity (Wildman–Crippen MR) is 69.5 cm³/mol. The molecule has 0 amide bonds. The zero-order chi connectivity index (χ0) is 13.3. The Morgan fingerprint density at radius 3 is 2.83 bits per heavy atom. The summed E-state index contributed by atoms with van der Waals surface area (Å²) >= 11 is 0. The summed E-state index contributed by atoms with van der Waals surface area (Å²) in [5.41, 5.74) is 8.25. The number of fused-ring (bicyclic) bond motifs is 1. The summed E-state index contributed by atoms with van der Waals surface area (Å²) in [6.07, 6.45) is 1.16. The van der Waals surface area contributed by atoms with Crippen LogP contribution in [0.5, 0.6) is 0 Å². The first-order chi connectivity index (χ1) is 8.56. The molecule has 0 bridgehead atoms. The largest absolute Gasteiger partial charge is 0.396 e. The third kappa shape index (κ3) is 1.91. The minimum absolute atomic E-state index is 0.0511. The molecule has 0 atom stereocenters. The van der Waals surface area contributed by atoms with Crippen LogP contribution in [0.25, 0.3) is 10.9 Å². The van der Waals surface area contributed by atoms with Gasteiger partial charge in [-0.1, -0.05) is 0 Å². The van der Waals surface area contributed by atoms with Gasteiger partial charge in [-0.05, 0) is 37.5 Å². The van der Waals surface area contributed by atoms with Gasteiger partial charge in [0.2, 0.25) is 0 Å². The highest BCUT2D eigenvalue weighted by Crippen LogP contribution is 2.35. The highest BCUT2D eigenvalue weighted by atomic mass is 16.6. The summed E-state index contributed by atoms with van der Waals surface area (Å²) in [6.45, 7) is 1.93. The number of nitrogens with one attached hydrogen (secondary N) is 1. The number of nitrogen functional groups attached to an aromatic ring is 1. The first-order valence-electron chi connectivity index (χ1n) is 5.71. The average Bonchev–Trinajstić information content (AvgIpc) is 2.62. The number of aromatic nitrogens is 1. The number of H-pyrrole nitrogens is 1. The molecule has 2 rings (SSSR count). The molecule has 1 aromatic carbocycles. The fourth-order valence-corrected chi connectivity index (χ4v) is 2.25.